The lowest BCUT2D eigenvalue weighted by Gasteiger charge is -2.37. The molecule has 7 heteroatoms. The van der Waals surface area contributed by atoms with Crippen LogP contribution in [0.5, 0.6) is 0 Å². The van der Waals surface area contributed by atoms with Gasteiger partial charge in [-0.05, 0) is 53.9 Å². The number of fused-ring (bicyclic) bond motifs is 3. The van der Waals surface area contributed by atoms with Gasteiger partial charge in [-0.25, -0.2) is 9.59 Å². The molecule has 0 radical (unpaired) electrons. The molecule has 0 aromatic heterocycles. The summed E-state index contributed by atoms with van der Waals surface area (Å²) in [5.74, 6) is -1.12. The van der Waals surface area contributed by atoms with Crippen LogP contribution in [0.3, 0.4) is 0 Å². The second-order valence-electron chi connectivity index (χ2n) is 8.97. The van der Waals surface area contributed by atoms with Crippen molar-refractivity contribution < 1.29 is 24.2 Å². The molecule has 0 heterocycles. The van der Waals surface area contributed by atoms with Crippen molar-refractivity contribution >= 4 is 18.0 Å². The van der Waals surface area contributed by atoms with E-state index >= 15 is 0 Å². The zero-order chi connectivity index (χ0) is 23.4. The average Bonchev–Trinajstić information content (AvgIpc) is 3.15. The van der Waals surface area contributed by atoms with E-state index in [1.54, 1.807) is 0 Å². The molecule has 0 spiro atoms. The number of amides is 2. The van der Waals surface area contributed by atoms with Gasteiger partial charge in [0.2, 0.25) is 5.91 Å². The molecule has 0 atom stereocenters. The average molecular weight is 451 g/mol. The largest absolute Gasteiger partial charge is 0.480 e. The number of alkyl carbamates (subject to hydrolysis) is 1. The monoisotopic (exact) mass is 450 g/mol. The van der Waals surface area contributed by atoms with Gasteiger partial charge in [0, 0.05) is 5.92 Å². The molecular weight excluding hydrogens is 420 g/mol. The zero-order valence-electron chi connectivity index (χ0n) is 18.8. The van der Waals surface area contributed by atoms with E-state index < -0.39 is 23.5 Å². The maximum atomic E-state index is 12.4. The Morgan fingerprint density at radius 1 is 1.00 bits per heavy atom. The van der Waals surface area contributed by atoms with E-state index in [1.165, 1.54) is 0 Å². The van der Waals surface area contributed by atoms with Crippen molar-refractivity contribution in [2.75, 3.05) is 13.2 Å². The van der Waals surface area contributed by atoms with E-state index in [0.717, 1.165) is 41.5 Å². The fraction of sp³-hybridized carbons (Fsp3) is 0.423. The van der Waals surface area contributed by atoms with E-state index in [1.807, 2.05) is 36.4 Å². The fourth-order valence-corrected chi connectivity index (χ4v) is 5.08. The molecule has 33 heavy (non-hydrogen) atoms. The van der Waals surface area contributed by atoms with Crippen LogP contribution in [-0.2, 0) is 14.3 Å². The summed E-state index contributed by atoms with van der Waals surface area (Å²) in [6.45, 7) is 1.91. The number of hydrogen-bond donors (Lipinski definition) is 3. The number of rotatable bonds is 7. The van der Waals surface area contributed by atoms with Crippen molar-refractivity contribution in [3.05, 3.63) is 59.7 Å². The van der Waals surface area contributed by atoms with E-state index in [2.05, 4.69) is 29.7 Å². The van der Waals surface area contributed by atoms with Crippen molar-refractivity contribution in [3.8, 4) is 11.1 Å². The van der Waals surface area contributed by atoms with Gasteiger partial charge in [-0.1, -0.05) is 61.9 Å². The Kier molecular flexibility index (Phi) is 6.67. The Hall–Kier alpha value is -3.35. The number of carbonyl (C=O) groups excluding carboxylic acids is 2. The number of ether oxygens (including phenoxy) is 1. The highest BCUT2D eigenvalue weighted by molar-refractivity contribution is 5.89. The highest BCUT2D eigenvalue weighted by Gasteiger charge is 2.42. The van der Waals surface area contributed by atoms with Gasteiger partial charge >= 0.3 is 12.1 Å². The summed E-state index contributed by atoms with van der Waals surface area (Å²) in [6, 6.07) is 16.1. The summed E-state index contributed by atoms with van der Waals surface area (Å²) in [5, 5.41) is 14.8. The van der Waals surface area contributed by atoms with Gasteiger partial charge in [0.1, 0.15) is 18.7 Å². The van der Waals surface area contributed by atoms with Crippen LogP contribution >= 0.6 is 0 Å². The van der Waals surface area contributed by atoms with Gasteiger partial charge in [-0.2, -0.15) is 0 Å². The molecule has 7 nitrogen and oxygen atoms in total. The molecule has 1 fully saturated rings. The summed E-state index contributed by atoms with van der Waals surface area (Å²) in [6.07, 6.45) is 2.64. The number of carbonyl (C=O) groups is 3. The maximum Gasteiger partial charge on any atom is 0.407 e. The topological polar surface area (TPSA) is 105 Å². The maximum absolute atomic E-state index is 12.4. The van der Waals surface area contributed by atoms with E-state index in [4.69, 9.17) is 4.74 Å². The Labute approximate surface area is 193 Å². The smallest absolute Gasteiger partial charge is 0.407 e. The lowest BCUT2D eigenvalue weighted by atomic mass is 9.75. The van der Waals surface area contributed by atoms with Crippen molar-refractivity contribution in [2.45, 2.75) is 50.5 Å². The molecule has 0 bridgehead atoms. The molecule has 174 valence electrons. The molecule has 4 rings (SSSR count). The van der Waals surface area contributed by atoms with Crippen LogP contribution in [-0.4, -0.2) is 41.8 Å². The predicted molar refractivity (Wildman–Crippen MR) is 124 cm³/mol. The van der Waals surface area contributed by atoms with E-state index in [9.17, 15) is 19.5 Å². The molecule has 0 unspecified atom stereocenters. The minimum absolute atomic E-state index is 0.0685. The molecule has 3 N–H and O–H groups in total. The molecule has 2 aromatic rings. The fourth-order valence-electron chi connectivity index (χ4n) is 5.08. The Morgan fingerprint density at radius 2 is 1.58 bits per heavy atom. The molecule has 0 aliphatic heterocycles. The van der Waals surface area contributed by atoms with E-state index in [-0.39, 0.29) is 19.1 Å². The minimum atomic E-state index is -1.26. The summed E-state index contributed by atoms with van der Waals surface area (Å²) in [7, 11) is 0. The van der Waals surface area contributed by atoms with Crippen LogP contribution < -0.4 is 10.6 Å². The molecule has 2 amide bonds. The number of aliphatic carboxylic acids is 1. The molecule has 2 aliphatic carbocycles. The molecule has 0 saturated heterocycles. The minimum Gasteiger partial charge on any atom is -0.480 e. The van der Waals surface area contributed by atoms with Gasteiger partial charge in [0.15, 0.2) is 0 Å². The lowest BCUT2D eigenvalue weighted by Crippen LogP contribution is -2.58. The SMILES string of the molecule is CCC1CCC(NC(=O)CNC(=O)OCC2c3ccccc3-c3ccccc32)(C(=O)O)CC1. The van der Waals surface area contributed by atoms with Gasteiger partial charge < -0.3 is 20.5 Å². The number of carboxylic acids is 1. The summed E-state index contributed by atoms with van der Waals surface area (Å²) >= 11 is 0. The molecule has 2 aliphatic rings. The quantitative estimate of drug-likeness (QED) is 0.590. The Morgan fingerprint density at radius 3 is 2.12 bits per heavy atom. The first kappa shape index (κ1) is 22.8. The standard InChI is InChI=1S/C26H30N2O5/c1-2-17-11-13-26(14-12-17,24(30)31)28-23(29)15-27-25(32)33-16-22-20-9-5-3-7-18(20)19-8-4-6-10-21(19)22/h3-10,17,22H,2,11-16H2,1H3,(H,27,32)(H,28,29)(H,30,31). The summed E-state index contributed by atoms with van der Waals surface area (Å²) in [5.41, 5.74) is 3.23. The van der Waals surface area contributed by atoms with Crippen molar-refractivity contribution in [3.63, 3.8) is 0 Å². The summed E-state index contributed by atoms with van der Waals surface area (Å²) < 4.78 is 5.43. The first-order valence-electron chi connectivity index (χ1n) is 11.6. The van der Waals surface area contributed by atoms with Gasteiger partial charge in [0.25, 0.3) is 0 Å². The lowest BCUT2D eigenvalue weighted by molar-refractivity contribution is -0.149. The second kappa shape index (κ2) is 9.65. The molecule has 1 saturated carbocycles. The van der Waals surface area contributed by atoms with Crippen LogP contribution in [0.1, 0.15) is 56.1 Å². The summed E-state index contributed by atoms with van der Waals surface area (Å²) in [4.78, 5) is 36.6. The highest BCUT2D eigenvalue weighted by Crippen LogP contribution is 2.44. The van der Waals surface area contributed by atoms with Gasteiger partial charge in [0.05, 0.1) is 0 Å². The van der Waals surface area contributed by atoms with Gasteiger partial charge in [-0.15, -0.1) is 0 Å². The second-order valence-corrected chi connectivity index (χ2v) is 8.97. The van der Waals surface area contributed by atoms with Crippen molar-refractivity contribution in [2.24, 2.45) is 5.92 Å². The number of benzene rings is 2. The van der Waals surface area contributed by atoms with Crippen LogP contribution in [0.15, 0.2) is 48.5 Å². The Balaban J connectivity index is 1.30. The van der Waals surface area contributed by atoms with Crippen LogP contribution in [0.4, 0.5) is 4.79 Å². The van der Waals surface area contributed by atoms with Gasteiger partial charge in [-0.3, -0.25) is 4.79 Å². The predicted octanol–water partition coefficient (Wildman–Crippen LogP) is 4.06. The van der Waals surface area contributed by atoms with Crippen molar-refractivity contribution in [1.29, 1.82) is 0 Å². The Bertz CT molecular complexity index is 997. The van der Waals surface area contributed by atoms with Crippen LogP contribution in [0, 0.1) is 5.92 Å². The normalized spacial score (nSPS) is 21.5. The zero-order valence-corrected chi connectivity index (χ0v) is 18.8. The third-order valence-corrected chi connectivity index (χ3v) is 7.06. The number of hydrogen-bond acceptors (Lipinski definition) is 4. The highest BCUT2D eigenvalue weighted by atomic mass is 16.5. The number of carboxylic acid groups (broad SMARTS) is 1. The van der Waals surface area contributed by atoms with Crippen molar-refractivity contribution in [1.82, 2.24) is 10.6 Å². The molecule has 2 aromatic carbocycles. The third kappa shape index (κ3) is 4.72. The van der Waals surface area contributed by atoms with Crippen LogP contribution in [0.2, 0.25) is 0 Å². The van der Waals surface area contributed by atoms with Crippen LogP contribution in [0.25, 0.3) is 11.1 Å². The number of nitrogens with one attached hydrogen (secondary N) is 2. The first-order valence-corrected chi connectivity index (χ1v) is 11.6. The first-order chi connectivity index (χ1) is 15.9. The third-order valence-electron chi connectivity index (χ3n) is 7.06. The molecular formula is C26H30N2O5. The van der Waals surface area contributed by atoms with E-state index in [0.29, 0.717) is 18.8 Å².